The van der Waals surface area contributed by atoms with Crippen molar-refractivity contribution in [1.29, 1.82) is 0 Å². The van der Waals surface area contributed by atoms with Gasteiger partial charge in [0.1, 0.15) is 0 Å². The van der Waals surface area contributed by atoms with E-state index in [4.69, 9.17) is 9.15 Å². The van der Waals surface area contributed by atoms with Crippen LogP contribution in [0.4, 0.5) is 0 Å². The van der Waals surface area contributed by atoms with E-state index in [2.05, 4.69) is 10.3 Å². The third-order valence-electron chi connectivity index (χ3n) is 4.28. The van der Waals surface area contributed by atoms with Gasteiger partial charge in [-0.3, -0.25) is 9.78 Å². The fraction of sp³-hybridized carbons (Fsp3) is 0.444. The number of pyridine rings is 1. The molecule has 0 saturated heterocycles. The number of furan rings is 1. The van der Waals surface area contributed by atoms with Crippen LogP contribution >= 0.6 is 0 Å². The quantitative estimate of drug-likeness (QED) is 0.813. The third kappa shape index (κ3) is 3.94. The van der Waals surface area contributed by atoms with E-state index in [0.717, 1.165) is 5.69 Å². The maximum absolute atomic E-state index is 12.4. The standard InChI is InChI=1S/C18H22N2O4/c1-2-23-17-7-6-16(24-17)18(22)20-15(12-9-14(21)10-12)11-13-5-3-4-8-19-13/h3-8,12,14-15,21H,2,9-11H2,1H3,(H,20,22). The van der Waals surface area contributed by atoms with Crippen molar-refractivity contribution in [3.63, 3.8) is 0 Å². The van der Waals surface area contributed by atoms with Crippen LogP contribution in [-0.2, 0) is 6.42 Å². The minimum absolute atomic E-state index is 0.0866. The molecule has 1 unspecified atom stereocenters. The number of carbonyl (C=O) groups excluding carboxylic acids is 1. The Morgan fingerprint density at radius 1 is 1.42 bits per heavy atom. The van der Waals surface area contributed by atoms with Crippen LogP contribution < -0.4 is 10.1 Å². The summed E-state index contributed by atoms with van der Waals surface area (Å²) in [5.74, 6) is 0.530. The molecule has 0 radical (unpaired) electrons. The monoisotopic (exact) mass is 330 g/mol. The highest BCUT2D eigenvalue weighted by Crippen LogP contribution is 2.31. The minimum atomic E-state index is -0.275. The van der Waals surface area contributed by atoms with Crippen LogP contribution in [0.25, 0.3) is 0 Å². The van der Waals surface area contributed by atoms with Crippen LogP contribution in [0, 0.1) is 5.92 Å². The molecule has 0 bridgehead atoms. The summed E-state index contributed by atoms with van der Waals surface area (Å²) in [6, 6.07) is 8.89. The summed E-state index contributed by atoms with van der Waals surface area (Å²) in [5.41, 5.74) is 0.915. The molecule has 2 aromatic heterocycles. The molecule has 2 heterocycles. The maximum Gasteiger partial charge on any atom is 0.287 e. The number of rotatable bonds is 7. The van der Waals surface area contributed by atoms with Crippen molar-refractivity contribution >= 4 is 5.91 Å². The van der Waals surface area contributed by atoms with E-state index in [1.165, 1.54) is 0 Å². The van der Waals surface area contributed by atoms with E-state index >= 15 is 0 Å². The molecule has 128 valence electrons. The number of ether oxygens (including phenoxy) is 1. The molecule has 0 aliphatic heterocycles. The van der Waals surface area contributed by atoms with Crippen LogP contribution in [0.3, 0.4) is 0 Å². The molecular formula is C18H22N2O4. The first-order valence-electron chi connectivity index (χ1n) is 8.27. The van der Waals surface area contributed by atoms with Gasteiger partial charge in [-0.2, -0.15) is 0 Å². The fourth-order valence-corrected chi connectivity index (χ4v) is 2.94. The summed E-state index contributed by atoms with van der Waals surface area (Å²) in [4.78, 5) is 16.8. The second kappa shape index (κ2) is 7.49. The lowest BCUT2D eigenvalue weighted by Crippen LogP contribution is -2.48. The van der Waals surface area contributed by atoms with Gasteiger partial charge in [-0.25, -0.2) is 0 Å². The Morgan fingerprint density at radius 2 is 2.25 bits per heavy atom. The van der Waals surface area contributed by atoms with Crippen molar-refractivity contribution < 1.29 is 19.1 Å². The SMILES string of the molecule is CCOc1ccc(C(=O)NC(Cc2ccccn2)C2CC(O)C2)o1. The second-order valence-corrected chi connectivity index (χ2v) is 6.04. The average molecular weight is 330 g/mol. The zero-order valence-electron chi connectivity index (χ0n) is 13.6. The fourth-order valence-electron chi connectivity index (χ4n) is 2.94. The molecule has 1 aliphatic rings. The Kier molecular flexibility index (Phi) is 5.15. The van der Waals surface area contributed by atoms with Crippen molar-refractivity contribution in [1.82, 2.24) is 10.3 Å². The number of hydrogen-bond donors (Lipinski definition) is 2. The molecule has 3 rings (SSSR count). The lowest BCUT2D eigenvalue weighted by atomic mass is 9.76. The van der Waals surface area contributed by atoms with Crippen molar-refractivity contribution in [3.05, 3.63) is 48.0 Å². The number of hydrogen-bond acceptors (Lipinski definition) is 5. The van der Waals surface area contributed by atoms with Crippen molar-refractivity contribution in [2.24, 2.45) is 5.92 Å². The predicted octanol–water partition coefficient (Wildman–Crippen LogP) is 2.19. The van der Waals surface area contributed by atoms with E-state index in [-0.39, 0.29) is 29.7 Å². The van der Waals surface area contributed by atoms with Gasteiger partial charge in [-0.15, -0.1) is 0 Å². The lowest BCUT2D eigenvalue weighted by molar-refractivity contribution is 0.0234. The lowest BCUT2D eigenvalue weighted by Gasteiger charge is -2.37. The van der Waals surface area contributed by atoms with E-state index in [9.17, 15) is 9.90 Å². The largest absolute Gasteiger partial charge is 0.465 e. The number of aromatic nitrogens is 1. The topological polar surface area (TPSA) is 84.6 Å². The summed E-state index contributed by atoms with van der Waals surface area (Å²) in [7, 11) is 0. The molecule has 1 saturated carbocycles. The molecule has 6 heteroatoms. The van der Waals surface area contributed by atoms with Gasteiger partial charge in [0.2, 0.25) is 0 Å². The molecule has 1 aliphatic carbocycles. The highest BCUT2D eigenvalue weighted by molar-refractivity contribution is 5.91. The van der Waals surface area contributed by atoms with E-state index in [0.29, 0.717) is 31.8 Å². The molecule has 1 atom stereocenters. The molecule has 0 spiro atoms. The zero-order valence-corrected chi connectivity index (χ0v) is 13.6. The zero-order chi connectivity index (χ0) is 16.9. The number of aliphatic hydroxyl groups excluding tert-OH is 1. The Balaban J connectivity index is 1.67. The summed E-state index contributed by atoms with van der Waals surface area (Å²) in [6.45, 7) is 2.34. The third-order valence-corrected chi connectivity index (χ3v) is 4.28. The first kappa shape index (κ1) is 16.5. The number of nitrogens with one attached hydrogen (secondary N) is 1. The van der Waals surface area contributed by atoms with Crippen LogP contribution in [0.5, 0.6) is 5.95 Å². The highest BCUT2D eigenvalue weighted by Gasteiger charge is 2.35. The molecule has 1 fully saturated rings. The molecule has 0 aromatic carbocycles. The number of aliphatic hydroxyl groups is 1. The Labute approximate surface area is 140 Å². The molecule has 2 N–H and O–H groups in total. The highest BCUT2D eigenvalue weighted by atomic mass is 16.6. The van der Waals surface area contributed by atoms with Gasteiger partial charge in [0.05, 0.1) is 12.7 Å². The molecule has 1 amide bonds. The van der Waals surface area contributed by atoms with Crippen LogP contribution in [0.1, 0.15) is 36.0 Å². The first-order chi connectivity index (χ1) is 11.7. The number of nitrogens with zero attached hydrogens (tertiary/aromatic N) is 1. The van der Waals surface area contributed by atoms with E-state index in [1.54, 1.807) is 18.3 Å². The molecular weight excluding hydrogens is 308 g/mol. The van der Waals surface area contributed by atoms with E-state index in [1.807, 2.05) is 25.1 Å². The molecule has 2 aromatic rings. The van der Waals surface area contributed by atoms with Crippen LogP contribution in [-0.4, -0.2) is 34.8 Å². The van der Waals surface area contributed by atoms with Gasteiger partial charge in [-0.05, 0) is 43.9 Å². The summed E-state index contributed by atoms with van der Waals surface area (Å²) >= 11 is 0. The second-order valence-electron chi connectivity index (χ2n) is 6.04. The molecule has 6 nitrogen and oxygen atoms in total. The number of carbonyl (C=O) groups is 1. The smallest absolute Gasteiger partial charge is 0.287 e. The summed E-state index contributed by atoms with van der Waals surface area (Å²) in [5, 5.41) is 12.6. The number of amides is 1. The van der Waals surface area contributed by atoms with Crippen molar-refractivity contribution in [2.45, 2.75) is 38.3 Å². The Bertz CT molecular complexity index is 665. The van der Waals surface area contributed by atoms with Gasteiger partial charge >= 0.3 is 0 Å². The van der Waals surface area contributed by atoms with Gasteiger partial charge in [0.15, 0.2) is 5.76 Å². The average Bonchev–Trinajstić information content (AvgIpc) is 3.01. The maximum atomic E-state index is 12.4. The molecule has 24 heavy (non-hydrogen) atoms. The van der Waals surface area contributed by atoms with Gasteiger partial charge in [0, 0.05) is 30.4 Å². The summed E-state index contributed by atoms with van der Waals surface area (Å²) < 4.78 is 10.6. The Morgan fingerprint density at radius 3 is 2.92 bits per heavy atom. The summed E-state index contributed by atoms with van der Waals surface area (Å²) in [6.07, 6.45) is 3.49. The van der Waals surface area contributed by atoms with Crippen LogP contribution in [0.2, 0.25) is 0 Å². The van der Waals surface area contributed by atoms with Crippen molar-refractivity contribution in [2.75, 3.05) is 6.61 Å². The predicted molar refractivity (Wildman–Crippen MR) is 87.8 cm³/mol. The van der Waals surface area contributed by atoms with Crippen LogP contribution in [0.15, 0.2) is 40.9 Å². The van der Waals surface area contributed by atoms with Gasteiger partial charge in [0.25, 0.3) is 11.9 Å². The van der Waals surface area contributed by atoms with Gasteiger partial charge < -0.3 is 19.6 Å². The van der Waals surface area contributed by atoms with Gasteiger partial charge in [-0.1, -0.05) is 6.07 Å². The van der Waals surface area contributed by atoms with Crippen molar-refractivity contribution in [3.8, 4) is 5.95 Å². The van der Waals surface area contributed by atoms with E-state index < -0.39 is 0 Å². The minimum Gasteiger partial charge on any atom is -0.465 e. The normalized spacial score (nSPS) is 20.9. The first-order valence-corrected chi connectivity index (χ1v) is 8.27. The Hall–Kier alpha value is -2.34.